The molecule has 32 heavy (non-hydrogen) atoms. The average Bonchev–Trinajstić information content (AvgIpc) is 2.77. The van der Waals surface area contributed by atoms with Crippen molar-refractivity contribution >= 4 is 17.7 Å². The van der Waals surface area contributed by atoms with Crippen LogP contribution in [0.4, 0.5) is 0 Å². The Morgan fingerprint density at radius 3 is 1.25 bits per heavy atom. The van der Waals surface area contributed by atoms with Crippen LogP contribution in [-0.2, 0) is 19.1 Å². The highest BCUT2D eigenvalue weighted by molar-refractivity contribution is 5.95. The van der Waals surface area contributed by atoms with E-state index in [9.17, 15) is 14.4 Å². The van der Waals surface area contributed by atoms with Crippen LogP contribution in [-0.4, -0.2) is 29.9 Å². The summed E-state index contributed by atoms with van der Waals surface area (Å²) in [6.45, 7) is 4.46. The molecule has 0 heterocycles. The van der Waals surface area contributed by atoms with Crippen LogP contribution in [0.3, 0.4) is 0 Å². The number of methoxy groups -OCH3 is 1. The molecule has 0 saturated heterocycles. The van der Waals surface area contributed by atoms with Gasteiger partial charge in [0.1, 0.15) is 12.2 Å². The number of carbonyl (C=O) groups is 3. The standard InChI is InChI=1S/C15H28O3.C12H24O2/c1-3-4-5-6-7-8-9-10-11-12-14(16)13-15(17)18-2;1-2-3-4-5-6-7-8-9-10-11-12(13)14/h3-13H2,1-2H3;2-11H2,1H3,(H,13,14). The number of carboxylic acids is 1. The van der Waals surface area contributed by atoms with E-state index < -0.39 is 11.9 Å². The van der Waals surface area contributed by atoms with Gasteiger partial charge in [-0.3, -0.25) is 14.4 Å². The van der Waals surface area contributed by atoms with Crippen LogP contribution in [0.15, 0.2) is 0 Å². The van der Waals surface area contributed by atoms with Gasteiger partial charge in [0.25, 0.3) is 0 Å². The summed E-state index contributed by atoms with van der Waals surface area (Å²) >= 11 is 0. The average molecular weight is 457 g/mol. The van der Waals surface area contributed by atoms with Gasteiger partial charge < -0.3 is 9.84 Å². The van der Waals surface area contributed by atoms with Crippen molar-refractivity contribution in [1.29, 1.82) is 0 Å². The Labute approximate surface area is 198 Å². The molecule has 0 aliphatic rings. The third-order valence-electron chi connectivity index (χ3n) is 5.62. The SMILES string of the molecule is CCCCCCCCCCCC(=O)CC(=O)OC.CCCCCCCCCCCC(=O)O. The highest BCUT2D eigenvalue weighted by Gasteiger charge is 2.08. The molecule has 0 bridgehead atoms. The summed E-state index contributed by atoms with van der Waals surface area (Å²) in [5.74, 6) is -1.08. The zero-order valence-corrected chi connectivity index (χ0v) is 21.4. The van der Waals surface area contributed by atoms with Crippen molar-refractivity contribution in [3.63, 3.8) is 0 Å². The number of carboxylic acid groups (broad SMARTS) is 1. The summed E-state index contributed by atoms with van der Waals surface area (Å²) in [5.41, 5.74) is 0. The fraction of sp³-hybridized carbons (Fsp3) is 0.889. The summed E-state index contributed by atoms with van der Waals surface area (Å²) < 4.78 is 4.45. The van der Waals surface area contributed by atoms with Crippen LogP contribution in [0.25, 0.3) is 0 Å². The van der Waals surface area contributed by atoms with E-state index in [0.29, 0.717) is 12.8 Å². The first kappa shape index (κ1) is 32.8. The third-order valence-corrected chi connectivity index (χ3v) is 5.62. The van der Waals surface area contributed by atoms with Crippen molar-refractivity contribution in [3.05, 3.63) is 0 Å². The number of ketones is 1. The Morgan fingerprint density at radius 2 is 0.906 bits per heavy atom. The van der Waals surface area contributed by atoms with E-state index in [1.54, 1.807) is 0 Å². The first-order chi connectivity index (χ1) is 15.5. The van der Waals surface area contributed by atoms with Gasteiger partial charge in [-0.25, -0.2) is 0 Å². The van der Waals surface area contributed by atoms with Gasteiger partial charge in [0.05, 0.1) is 7.11 Å². The van der Waals surface area contributed by atoms with Crippen LogP contribution in [0.2, 0.25) is 0 Å². The molecule has 5 heteroatoms. The Kier molecular flexibility index (Phi) is 28.3. The van der Waals surface area contributed by atoms with E-state index in [2.05, 4.69) is 18.6 Å². The van der Waals surface area contributed by atoms with Crippen molar-refractivity contribution in [1.82, 2.24) is 0 Å². The van der Waals surface area contributed by atoms with Gasteiger partial charge in [-0.15, -0.1) is 0 Å². The van der Waals surface area contributed by atoms with Crippen molar-refractivity contribution < 1.29 is 24.2 Å². The van der Waals surface area contributed by atoms with Gasteiger partial charge in [0, 0.05) is 12.8 Å². The first-order valence-electron chi connectivity index (χ1n) is 13.3. The van der Waals surface area contributed by atoms with Crippen molar-refractivity contribution in [2.75, 3.05) is 7.11 Å². The van der Waals surface area contributed by atoms with Crippen LogP contribution in [0, 0.1) is 0 Å². The van der Waals surface area contributed by atoms with E-state index in [0.717, 1.165) is 25.7 Å². The molecule has 0 radical (unpaired) electrons. The number of carbonyl (C=O) groups excluding carboxylic acids is 2. The van der Waals surface area contributed by atoms with Gasteiger partial charge in [-0.05, 0) is 12.8 Å². The zero-order valence-electron chi connectivity index (χ0n) is 21.4. The number of hydrogen-bond donors (Lipinski definition) is 1. The van der Waals surface area contributed by atoms with Crippen molar-refractivity contribution in [3.8, 4) is 0 Å². The molecule has 0 amide bonds. The molecule has 190 valence electrons. The molecule has 5 nitrogen and oxygen atoms in total. The predicted octanol–water partition coefficient (Wildman–Crippen LogP) is 8.03. The fourth-order valence-electron chi connectivity index (χ4n) is 3.54. The Hall–Kier alpha value is -1.39. The quantitative estimate of drug-likeness (QED) is 0.101. The minimum absolute atomic E-state index is 0.00444. The topological polar surface area (TPSA) is 80.7 Å². The molecular formula is C27H52O5. The maximum Gasteiger partial charge on any atom is 0.313 e. The maximum absolute atomic E-state index is 11.3. The molecule has 0 rings (SSSR count). The molecule has 0 aliphatic carbocycles. The first-order valence-corrected chi connectivity index (χ1v) is 13.3. The molecule has 0 aromatic carbocycles. The minimum Gasteiger partial charge on any atom is -0.481 e. The molecule has 0 aliphatic heterocycles. The van der Waals surface area contributed by atoms with E-state index in [-0.39, 0.29) is 12.2 Å². The highest BCUT2D eigenvalue weighted by atomic mass is 16.5. The van der Waals surface area contributed by atoms with Crippen LogP contribution >= 0.6 is 0 Å². The second-order valence-corrected chi connectivity index (χ2v) is 8.84. The van der Waals surface area contributed by atoms with E-state index in [4.69, 9.17) is 5.11 Å². The van der Waals surface area contributed by atoms with Gasteiger partial charge >= 0.3 is 11.9 Å². The predicted molar refractivity (Wildman–Crippen MR) is 133 cm³/mol. The van der Waals surface area contributed by atoms with Crippen LogP contribution < -0.4 is 0 Å². The molecule has 0 atom stereocenters. The van der Waals surface area contributed by atoms with Gasteiger partial charge in [-0.2, -0.15) is 0 Å². The smallest absolute Gasteiger partial charge is 0.313 e. The molecule has 0 unspecified atom stereocenters. The van der Waals surface area contributed by atoms with Gasteiger partial charge in [0.2, 0.25) is 0 Å². The Balaban J connectivity index is 0. The Bertz CT molecular complexity index is 434. The number of rotatable bonds is 22. The number of Topliss-reactive ketones (excluding diaryl/α,β-unsaturated/α-hetero) is 1. The minimum atomic E-state index is -0.659. The molecule has 1 N–H and O–H groups in total. The number of unbranched alkanes of at least 4 members (excludes halogenated alkanes) is 16. The molecule has 0 aromatic heterocycles. The summed E-state index contributed by atoms with van der Waals surface area (Å²) in [5, 5.41) is 8.41. The lowest BCUT2D eigenvalue weighted by molar-refractivity contribution is -0.143. The van der Waals surface area contributed by atoms with Gasteiger partial charge in [-0.1, -0.05) is 117 Å². The number of hydrogen-bond acceptors (Lipinski definition) is 4. The van der Waals surface area contributed by atoms with Crippen molar-refractivity contribution in [2.45, 2.75) is 149 Å². The Morgan fingerprint density at radius 1 is 0.562 bits per heavy atom. The van der Waals surface area contributed by atoms with E-state index in [1.165, 1.54) is 97.0 Å². The highest BCUT2D eigenvalue weighted by Crippen LogP contribution is 2.11. The van der Waals surface area contributed by atoms with Crippen molar-refractivity contribution in [2.24, 2.45) is 0 Å². The summed E-state index contributed by atoms with van der Waals surface area (Å²) in [6, 6.07) is 0. The summed E-state index contributed by atoms with van der Waals surface area (Å²) in [6.07, 6.45) is 23.1. The second kappa shape index (κ2) is 27.6. The molecule has 0 aromatic rings. The number of aliphatic carboxylic acids is 1. The number of esters is 1. The monoisotopic (exact) mass is 456 g/mol. The van der Waals surface area contributed by atoms with E-state index >= 15 is 0 Å². The number of ether oxygens (including phenoxy) is 1. The lowest BCUT2D eigenvalue weighted by atomic mass is 10.0. The molecular weight excluding hydrogens is 404 g/mol. The van der Waals surface area contributed by atoms with Gasteiger partial charge in [0.15, 0.2) is 0 Å². The van der Waals surface area contributed by atoms with Crippen LogP contribution in [0.1, 0.15) is 149 Å². The second-order valence-electron chi connectivity index (χ2n) is 8.84. The summed E-state index contributed by atoms with van der Waals surface area (Å²) in [7, 11) is 1.31. The molecule has 0 fully saturated rings. The largest absolute Gasteiger partial charge is 0.481 e. The summed E-state index contributed by atoms with van der Waals surface area (Å²) in [4.78, 5) is 32.4. The lowest BCUT2D eigenvalue weighted by Gasteiger charge is -2.02. The third kappa shape index (κ3) is 30.8. The maximum atomic E-state index is 11.3. The fourth-order valence-corrected chi connectivity index (χ4v) is 3.54. The molecule has 0 spiro atoms. The van der Waals surface area contributed by atoms with Crippen LogP contribution in [0.5, 0.6) is 0 Å². The lowest BCUT2D eigenvalue weighted by Crippen LogP contribution is -2.08. The molecule has 0 saturated carbocycles. The zero-order chi connectivity index (χ0) is 24.3. The van der Waals surface area contributed by atoms with E-state index in [1.807, 2.05) is 0 Å². The normalized spacial score (nSPS) is 10.3.